The van der Waals surface area contributed by atoms with Crippen molar-refractivity contribution in [2.45, 2.75) is 30.9 Å². The number of thioether (sulfide) groups is 1. The molecule has 2 aliphatic rings. The van der Waals surface area contributed by atoms with E-state index in [1.165, 1.54) is 30.1 Å². The number of nitrogens with one attached hydrogen (secondary N) is 1. The van der Waals surface area contributed by atoms with Gasteiger partial charge < -0.3 is 20.5 Å². The number of fused-ring (bicyclic) bond motifs is 1. The predicted molar refractivity (Wildman–Crippen MR) is 117 cm³/mol. The average Bonchev–Trinajstić information content (AvgIpc) is 2.80. The summed E-state index contributed by atoms with van der Waals surface area (Å²) in [6, 6.07) is 4.40. The smallest absolute Gasteiger partial charge is 0.275 e. The number of carbonyl (C=O) groups excluding carboxylic acids is 1. The number of nitrogens with zero attached hydrogens (tertiary/aromatic N) is 3. The molecule has 4 rings (SSSR count). The van der Waals surface area contributed by atoms with Gasteiger partial charge in [0.1, 0.15) is 11.5 Å². The first kappa shape index (κ1) is 22.4. The van der Waals surface area contributed by atoms with Gasteiger partial charge in [-0.3, -0.25) is 9.79 Å². The van der Waals surface area contributed by atoms with Crippen molar-refractivity contribution >= 4 is 28.5 Å². The van der Waals surface area contributed by atoms with Gasteiger partial charge in [-0.2, -0.15) is 0 Å². The van der Waals surface area contributed by atoms with Crippen molar-refractivity contribution in [2.24, 2.45) is 16.6 Å². The van der Waals surface area contributed by atoms with Crippen molar-refractivity contribution in [1.29, 1.82) is 0 Å². The molecule has 0 bridgehead atoms. The van der Waals surface area contributed by atoms with Crippen LogP contribution in [0.15, 0.2) is 35.6 Å². The first-order valence-electron chi connectivity index (χ1n) is 10.1. The Hall–Kier alpha value is -2.79. The van der Waals surface area contributed by atoms with E-state index >= 15 is 4.39 Å². The van der Waals surface area contributed by atoms with Gasteiger partial charge in [-0.1, -0.05) is 11.8 Å². The predicted octanol–water partition coefficient (Wildman–Crippen LogP) is 3.25. The Morgan fingerprint density at radius 1 is 1.38 bits per heavy atom. The highest BCUT2D eigenvalue weighted by atomic mass is 32.2. The zero-order chi connectivity index (χ0) is 22.7. The molecular weight excluding hydrogens is 440 g/mol. The molecule has 0 radical (unpaired) electrons. The highest BCUT2D eigenvalue weighted by Crippen LogP contribution is 2.50. The molecule has 2 aromatic rings. The fraction of sp³-hybridized carbons (Fsp3) is 0.429. The van der Waals surface area contributed by atoms with E-state index in [0.717, 1.165) is 19.0 Å². The van der Waals surface area contributed by atoms with Gasteiger partial charge in [0, 0.05) is 30.0 Å². The molecule has 1 aromatic heterocycles. The van der Waals surface area contributed by atoms with Crippen molar-refractivity contribution in [3.8, 4) is 5.88 Å². The number of nitrogens with two attached hydrogens (primary N) is 1. The van der Waals surface area contributed by atoms with E-state index in [2.05, 4.69) is 20.0 Å². The zero-order valence-corrected chi connectivity index (χ0v) is 18.2. The van der Waals surface area contributed by atoms with E-state index in [4.69, 9.17) is 15.5 Å². The quantitative estimate of drug-likeness (QED) is 0.676. The largest absolute Gasteiger partial charge is 0.445 e. The molecule has 11 heteroatoms. The number of hydrogen-bond donors (Lipinski definition) is 2. The van der Waals surface area contributed by atoms with Crippen molar-refractivity contribution in [3.05, 3.63) is 47.7 Å². The maximum Gasteiger partial charge on any atom is 0.275 e. The number of methoxy groups -OCH3 is 1. The van der Waals surface area contributed by atoms with Gasteiger partial charge in [-0.25, -0.2) is 18.7 Å². The highest BCUT2D eigenvalue weighted by Gasteiger charge is 2.48. The third-order valence-electron chi connectivity index (χ3n) is 5.90. The normalized spacial score (nSPS) is 24.9. The highest BCUT2D eigenvalue weighted by molar-refractivity contribution is 8.13. The standard InChI is InChI=1S/C21H23F2N5O3S/c1-30-14-4-5-21(12(6-14)10-32-20(24)28-21)15-7-13(2-3-16(15)23)27-19(29)17-8-26-18(9-25-17)31-11-22/h2-3,7-9,12,14H,4-6,10-11H2,1H3,(H2,24,28)(H,27,29)/t12-,14+,21-/m0/s1. The Morgan fingerprint density at radius 3 is 2.94 bits per heavy atom. The molecule has 0 saturated heterocycles. The number of carbonyl (C=O) groups is 1. The molecule has 3 atom stereocenters. The van der Waals surface area contributed by atoms with E-state index in [1.807, 2.05) is 0 Å². The minimum atomic E-state index is -1.04. The van der Waals surface area contributed by atoms with Gasteiger partial charge in [-0.15, -0.1) is 0 Å². The number of aliphatic imine (C=N–C) groups is 1. The van der Waals surface area contributed by atoms with Crippen LogP contribution in [0, 0.1) is 11.7 Å². The van der Waals surface area contributed by atoms with Crippen LogP contribution < -0.4 is 15.8 Å². The third kappa shape index (κ3) is 4.40. The number of ether oxygens (including phenoxy) is 2. The summed E-state index contributed by atoms with van der Waals surface area (Å²) in [5.41, 5.74) is 6.05. The first-order chi connectivity index (χ1) is 15.4. The van der Waals surface area contributed by atoms with Crippen LogP contribution in [0.5, 0.6) is 5.88 Å². The number of amides is 1. The van der Waals surface area contributed by atoms with Gasteiger partial charge in [0.2, 0.25) is 12.7 Å². The number of amidine groups is 1. The van der Waals surface area contributed by atoms with Crippen LogP contribution in [-0.2, 0) is 10.3 Å². The van der Waals surface area contributed by atoms with Crippen LogP contribution in [0.2, 0.25) is 0 Å². The number of hydrogen-bond acceptors (Lipinski definition) is 8. The van der Waals surface area contributed by atoms with E-state index in [0.29, 0.717) is 28.6 Å². The van der Waals surface area contributed by atoms with Gasteiger partial charge in [0.05, 0.1) is 24.0 Å². The molecule has 32 heavy (non-hydrogen) atoms. The van der Waals surface area contributed by atoms with E-state index < -0.39 is 24.1 Å². The Kier molecular flexibility index (Phi) is 6.56. The molecule has 170 valence electrons. The number of halogens is 2. The van der Waals surface area contributed by atoms with Crippen molar-refractivity contribution in [2.75, 3.05) is 25.0 Å². The molecule has 1 saturated carbocycles. The van der Waals surface area contributed by atoms with Gasteiger partial charge in [0.25, 0.3) is 5.91 Å². The summed E-state index contributed by atoms with van der Waals surface area (Å²) in [5, 5.41) is 3.13. The Bertz CT molecular complexity index is 1020. The van der Waals surface area contributed by atoms with Crippen LogP contribution in [0.1, 0.15) is 35.3 Å². The number of alkyl halides is 1. The summed E-state index contributed by atoms with van der Waals surface area (Å²) in [4.78, 5) is 25.0. The minimum absolute atomic E-state index is 0.00931. The second-order valence-corrected chi connectivity index (χ2v) is 8.70. The maximum absolute atomic E-state index is 15.1. The summed E-state index contributed by atoms with van der Waals surface area (Å²) < 4.78 is 37.4. The van der Waals surface area contributed by atoms with Gasteiger partial charge in [-0.05, 0) is 37.5 Å². The molecular formula is C21H23F2N5O3S. The minimum Gasteiger partial charge on any atom is -0.445 e. The maximum atomic E-state index is 15.1. The fourth-order valence-corrected chi connectivity index (χ4v) is 5.32. The van der Waals surface area contributed by atoms with Crippen molar-refractivity contribution < 1.29 is 23.0 Å². The van der Waals surface area contributed by atoms with Crippen LogP contribution in [0.3, 0.4) is 0 Å². The molecule has 1 aliphatic carbocycles. The monoisotopic (exact) mass is 463 g/mol. The van der Waals surface area contributed by atoms with Crippen LogP contribution in [-0.4, -0.2) is 46.9 Å². The molecule has 0 spiro atoms. The lowest BCUT2D eigenvalue weighted by Gasteiger charge is -2.46. The summed E-state index contributed by atoms with van der Waals surface area (Å²) in [5.74, 6) is -0.210. The lowest BCUT2D eigenvalue weighted by Crippen LogP contribution is -2.46. The topological polar surface area (TPSA) is 112 Å². The molecule has 8 nitrogen and oxygen atoms in total. The van der Waals surface area contributed by atoms with Crippen molar-refractivity contribution in [3.63, 3.8) is 0 Å². The summed E-state index contributed by atoms with van der Waals surface area (Å²) >= 11 is 1.46. The fourth-order valence-electron chi connectivity index (χ4n) is 4.31. The SMILES string of the molecule is CO[C@@H]1CC[C@]2(c3cc(NC(=O)c4cnc(OCF)cn4)ccc3F)N=C(N)SC[C@@H]2C1. The number of benzene rings is 1. The number of rotatable bonds is 6. The van der Waals surface area contributed by atoms with Gasteiger partial charge in [0.15, 0.2) is 5.17 Å². The zero-order valence-electron chi connectivity index (χ0n) is 17.4. The van der Waals surface area contributed by atoms with Crippen molar-refractivity contribution in [1.82, 2.24) is 9.97 Å². The lowest BCUT2D eigenvalue weighted by molar-refractivity contribution is 0.0229. The van der Waals surface area contributed by atoms with Crippen LogP contribution in [0.4, 0.5) is 14.5 Å². The molecule has 3 N–H and O–H groups in total. The van der Waals surface area contributed by atoms with E-state index in [1.54, 1.807) is 13.2 Å². The molecule has 2 heterocycles. The second kappa shape index (κ2) is 9.37. The van der Waals surface area contributed by atoms with Crippen LogP contribution >= 0.6 is 11.8 Å². The third-order valence-corrected chi connectivity index (χ3v) is 6.86. The molecule has 1 amide bonds. The van der Waals surface area contributed by atoms with E-state index in [9.17, 15) is 9.18 Å². The molecule has 0 unspecified atom stereocenters. The Morgan fingerprint density at radius 2 is 2.22 bits per heavy atom. The molecule has 1 aromatic carbocycles. The first-order valence-corrected chi connectivity index (χ1v) is 11.1. The Balaban J connectivity index is 1.62. The molecule has 1 aliphatic heterocycles. The average molecular weight is 464 g/mol. The van der Waals surface area contributed by atoms with Crippen LogP contribution in [0.25, 0.3) is 0 Å². The Labute approximate surface area is 188 Å². The van der Waals surface area contributed by atoms with Gasteiger partial charge >= 0.3 is 0 Å². The lowest BCUT2D eigenvalue weighted by atomic mass is 9.68. The number of anilines is 1. The summed E-state index contributed by atoms with van der Waals surface area (Å²) in [6.07, 6.45) is 4.49. The summed E-state index contributed by atoms with van der Waals surface area (Å²) in [7, 11) is 1.68. The van der Waals surface area contributed by atoms with E-state index in [-0.39, 0.29) is 23.6 Å². The molecule has 1 fully saturated rings. The number of aromatic nitrogens is 2. The second-order valence-electron chi connectivity index (χ2n) is 7.66. The summed E-state index contributed by atoms with van der Waals surface area (Å²) in [6.45, 7) is -1.04.